The van der Waals surface area contributed by atoms with E-state index in [2.05, 4.69) is 10.6 Å². The first-order chi connectivity index (χ1) is 10.6. The topological polar surface area (TPSA) is 76.7 Å². The van der Waals surface area contributed by atoms with Gasteiger partial charge in [-0.25, -0.2) is 0 Å². The molecule has 1 heterocycles. The molecule has 2 rings (SSSR count). The number of rotatable bonds is 6. The molecule has 6 nitrogen and oxygen atoms in total. The summed E-state index contributed by atoms with van der Waals surface area (Å²) in [5.74, 6) is 0.144. The van der Waals surface area contributed by atoms with E-state index in [9.17, 15) is 9.59 Å². The summed E-state index contributed by atoms with van der Waals surface area (Å²) in [6, 6.07) is 3.39. The van der Waals surface area contributed by atoms with Crippen molar-refractivity contribution in [1.29, 1.82) is 0 Å². The Hall–Kier alpha value is -2.08. The summed E-state index contributed by atoms with van der Waals surface area (Å²) in [4.78, 5) is 24.2. The largest absolute Gasteiger partial charge is 0.489 e. The van der Waals surface area contributed by atoms with Crippen molar-refractivity contribution in [2.24, 2.45) is 0 Å². The minimum Gasteiger partial charge on any atom is -0.489 e. The average Bonchev–Trinajstić information content (AvgIpc) is 2.89. The van der Waals surface area contributed by atoms with E-state index in [0.717, 1.165) is 12.0 Å². The SMILES string of the molecule is CNC(=O)c1cc(C(=O)NCCCOC)cc2c1OC(C)C2. The summed E-state index contributed by atoms with van der Waals surface area (Å²) in [6.45, 7) is 3.07. The molecule has 2 N–H and O–H groups in total. The normalized spacial score (nSPS) is 15.9. The number of carbonyl (C=O) groups is 2. The molecular weight excluding hydrogens is 284 g/mol. The van der Waals surface area contributed by atoms with Gasteiger partial charge in [0.1, 0.15) is 11.9 Å². The van der Waals surface area contributed by atoms with Crippen LogP contribution in [0.25, 0.3) is 0 Å². The second kappa shape index (κ2) is 7.26. The number of benzene rings is 1. The Morgan fingerprint density at radius 1 is 1.36 bits per heavy atom. The van der Waals surface area contributed by atoms with E-state index in [-0.39, 0.29) is 17.9 Å². The number of hydrogen-bond acceptors (Lipinski definition) is 4. The van der Waals surface area contributed by atoms with Gasteiger partial charge in [-0.1, -0.05) is 0 Å². The highest BCUT2D eigenvalue weighted by Gasteiger charge is 2.27. The molecule has 6 heteroatoms. The zero-order valence-electron chi connectivity index (χ0n) is 13.2. The molecule has 1 atom stereocenters. The Bertz CT molecular complexity index is 572. The molecule has 0 fully saturated rings. The minimum absolute atomic E-state index is 0.0124. The van der Waals surface area contributed by atoms with Crippen molar-refractivity contribution in [3.05, 3.63) is 28.8 Å². The molecule has 2 amide bonds. The highest BCUT2D eigenvalue weighted by atomic mass is 16.5. The molecule has 1 aliphatic heterocycles. The first kappa shape index (κ1) is 16.3. The highest BCUT2D eigenvalue weighted by molar-refractivity contribution is 6.02. The highest BCUT2D eigenvalue weighted by Crippen LogP contribution is 2.33. The van der Waals surface area contributed by atoms with Crippen molar-refractivity contribution in [3.63, 3.8) is 0 Å². The fraction of sp³-hybridized carbons (Fsp3) is 0.500. The molecular formula is C16H22N2O4. The lowest BCUT2D eigenvalue weighted by Crippen LogP contribution is -2.26. The van der Waals surface area contributed by atoms with Crippen LogP contribution in [-0.4, -0.2) is 45.2 Å². The molecule has 1 aromatic rings. The molecule has 1 aliphatic rings. The number of carbonyl (C=O) groups excluding carboxylic acids is 2. The van der Waals surface area contributed by atoms with Crippen molar-refractivity contribution in [3.8, 4) is 5.75 Å². The number of methoxy groups -OCH3 is 1. The fourth-order valence-corrected chi connectivity index (χ4v) is 2.49. The molecule has 0 radical (unpaired) electrons. The van der Waals surface area contributed by atoms with Gasteiger partial charge in [0, 0.05) is 39.3 Å². The summed E-state index contributed by atoms with van der Waals surface area (Å²) in [5.41, 5.74) is 1.79. The average molecular weight is 306 g/mol. The van der Waals surface area contributed by atoms with Gasteiger partial charge < -0.3 is 20.1 Å². The third-order valence-electron chi connectivity index (χ3n) is 3.54. The molecule has 1 unspecified atom stereocenters. The van der Waals surface area contributed by atoms with Crippen molar-refractivity contribution in [1.82, 2.24) is 10.6 Å². The number of nitrogens with one attached hydrogen (secondary N) is 2. The molecule has 0 aliphatic carbocycles. The molecule has 22 heavy (non-hydrogen) atoms. The van der Waals surface area contributed by atoms with E-state index in [0.29, 0.717) is 36.4 Å². The zero-order valence-corrected chi connectivity index (χ0v) is 13.2. The predicted molar refractivity (Wildman–Crippen MR) is 82.5 cm³/mol. The van der Waals surface area contributed by atoms with Gasteiger partial charge in [0.15, 0.2) is 0 Å². The van der Waals surface area contributed by atoms with Crippen LogP contribution in [0.4, 0.5) is 0 Å². The molecule has 0 bridgehead atoms. The van der Waals surface area contributed by atoms with E-state index in [1.807, 2.05) is 6.92 Å². The van der Waals surface area contributed by atoms with Gasteiger partial charge in [-0.05, 0) is 31.0 Å². The van der Waals surface area contributed by atoms with Gasteiger partial charge in [0.2, 0.25) is 0 Å². The van der Waals surface area contributed by atoms with Crippen LogP contribution in [0.15, 0.2) is 12.1 Å². The monoisotopic (exact) mass is 306 g/mol. The Balaban J connectivity index is 2.20. The van der Waals surface area contributed by atoms with E-state index >= 15 is 0 Å². The zero-order chi connectivity index (χ0) is 16.1. The van der Waals surface area contributed by atoms with Crippen LogP contribution in [0.1, 0.15) is 39.6 Å². The summed E-state index contributed by atoms with van der Waals surface area (Å²) in [6.07, 6.45) is 1.46. The van der Waals surface area contributed by atoms with Crippen LogP contribution in [0.3, 0.4) is 0 Å². The fourth-order valence-electron chi connectivity index (χ4n) is 2.49. The lowest BCUT2D eigenvalue weighted by Gasteiger charge is -2.11. The molecule has 0 aromatic heterocycles. The van der Waals surface area contributed by atoms with E-state index in [4.69, 9.17) is 9.47 Å². The van der Waals surface area contributed by atoms with Crippen LogP contribution in [-0.2, 0) is 11.2 Å². The Labute approximate surface area is 130 Å². The Morgan fingerprint density at radius 3 is 2.82 bits per heavy atom. The van der Waals surface area contributed by atoms with Crippen LogP contribution in [0, 0.1) is 0 Å². The Morgan fingerprint density at radius 2 is 2.14 bits per heavy atom. The summed E-state index contributed by atoms with van der Waals surface area (Å²) >= 11 is 0. The maximum atomic E-state index is 12.2. The second-order valence-corrected chi connectivity index (χ2v) is 5.33. The van der Waals surface area contributed by atoms with Crippen LogP contribution < -0.4 is 15.4 Å². The van der Waals surface area contributed by atoms with Gasteiger partial charge in [-0.3, -0.25) is 9.59 Å². The van der Waals surface area contributed by atoms with E-state index < -0.39 is 0 Å². The number of fused-ring (bicyclic) bond motifs is 1. The predicted octanol–water partition coefficient (Wildman–Crippen LogP) is 1.14. The van der Waals surface area contributed by atoms with Gasteiger partial charge in [-0.2, -0.15) is 0 Å². The number of hydrogen-bond donors (Lipinski definition) is 2. The van der Waals surface area contributed by atoms with Crippen molar-refractivity contribution in [2.45, 2.75) is 25.9 Å². The van der Waals surface area contributed by atoms with Crippen LogP contribution in [0.2, 0.25) is 0 Å². The Kier molecular flexibility index (Phi) is 5.38. The van der Waals surface area contributed by atoms with Crippen molar-refractivity contribution < 1.29 is 19.1 Å². The maximum absolute atomic E-state index is 12.2. The van der Waals surface area contributed by atoms with Crippen molar-refractivity contribution >= 4 is 11.8 Å². The van der Waals surface area contributed by atoms with Gasteiger partial charge in [0.05, 0.1) is 5.56 Å². The van der Waals surface area contributed by atoms with Crippen molar-refractivity contribution in [2.75, 3.05) is 27.3 Å². The first-order valence-corrected chi connectivity index (χ1v) is 7.39. The van der Waals surface area contributed by atoms with E-state index in [1.54, 1.807) is 26.3 Å². The first-order valence-electron chi connectivity index (χ1n) is 7.39. The third-order valence-corrected chi connectivity index (χ3v) is 3.54. The summed E-state index contributed by atoms with van der Waals surface area (Å²) in [5, 5.41) is 5.41. The summed E-state index contributed by atoms with van der Waals surface area (Å²) < 4.78 is 10.6. The molecule has 0 spiro atoms. The summed E-state index contributed by atoms with van der Waals surface area (Å²) in [7, 11) is 3.18. The van der Waals surface area contributed by atoms with Gasteiger partial charge >= 0.3 is 0 Å². The van der Waals surface area contributed by atoms with Gasteiger partial charge in [-0.15, -0.1) is 0 Å². The third kappa shape index (κ3) is 3.57. The van der Waals surface area contributed by atoms with E-state index in [1.165, 1.54) is 0 Å². The minimum atomic E-state index is -0.251. The standard InChI is InChI=1S/C16H22N2O4/c1-10-7-11-8-12(15(19)18-5-4-6-21-3)9-13(14(11)22-10)16(20)17-2/h8-10H,4-7H2,1-3H3,(H,17,20)(H,18,19). The maximum Gasteiger partial charge on any atom is 0.254 e. The second-order valence-electron chi connectivity index (χ2n) is 5.33. The molecule has 120 valence electrons. The number of amides is 2. The quantitative estimate of drug-likeness (QED) is 0.773. The number of ether oxygens (including phenoxy) is 2. The van der Waals surface area contributed by atoms with Crippen LogP contribution in [0.5, 0.6) is 5.75 Å². The molecule has 0 saturated heterocycles. The van der Waals surface area contributed by atoms with Crippen LogP contribution >= 0.6 is 0 Å². The lowest BCUT2D eigenvalue weighted by molar-refractivity contribution is 0.0948. The lowest BCUT2D eigenvalue weighted by atomic mass is 10.0. The molecule has 0 saturated carbocycles. The molecule has 1 aromatic carbocycles. The van der Waals surface area contributed by atoms with Gasteiger partial charge in [0.25, 0.3) is 11.8 Å². The smallest absolute Gasteiger partial charge is 0.254 e.